The lowest BCUT2D eigenvalue weighted by Gasteiger charge is -2.31. The van der Waals surface area contributed by atoms with Crippen molar-refractivity contribution in [2.24, 2.45) is 5.41 Å². The zero-order valence-electron chi connectivity index (χ0n) is 19.1. The number of aromatic nitrogens is 2. The second-order valence-corrected chi connectivity index (χ2v) is 9.08. The summed E-state index contributed by atoms with van der Waals surface area (Å²) in [6.07, 6.45) is 1.89. The van der Waals surface area contributed by atoms with Crippen LogP contribution in [0.3, 0.4) is 0 Å². The standard InChI is InChI=1S/C25H30F2N4O2/c1-25(2,3)23(28-12-7-13-29-24(32)33)22-18(14-17-8-5-4-6-9-17)16-31(30-22)21-15-19(26)10-11-20(21)27/h4-6,8-11,15-16,23,28-29H,7,12-14H2,1-3H3,(H,32,33). The first-order valence-corrected chi connectivity index (χ1v) is 10.9. The molecular formula is C25H30F2N4O2. The fourth-order valence-electron chi connectivity index (χ4n) is 3.75. The second-order valence-electron chi connectivity index (χ2n) is 9.08. The smallest absolute Gasteiger partial charge is 0.404 e. The van der Waals surface area contributed by atoms with Gasteiger partial charge < -0.3 is 15.7 Å². The Morgan fingerprint density at radius 3 is 2.52 bits per heavy atom. The zero-order chi connectivity index (χ0) is 24.0. The highest BCUT2D eigenvalue weighted by atomic mass is 19.1. The average Bonchev–Trinajstić information content (AvgIpc) is 3.14. The van der Waals surface area contributed by atoms with Crippen LogP contribution < -0.4 is 10.6 Å². The Kier molecular flexibility index (Phi) is 7.81. The van der Waals surface area contributed by atoms with Gasteiger partial charge in [0.2, 0.25) is 0 Å². The molecule has 0 aliphatic rings. The van der Waals surface area contributed by atoms with Crippen molar-refractivity contribution in [1.82, 2.24) is 20.4 Å². The Labute approximate surface area is 192 Å². The third-order valence-electron chi connectivity index (χ3n) is 5.33. The van der Waals surface area contributed by atoms with E-state index in [2.05, 4.69) is 31.4 Å². The van der Waals surface area contributed by atoms with Gasteiger partial charge in [0.05, 0.1) is 11.7 Å². The number of amides is 1. The van der Waals surface area contributed by atoms with E-state index >= 15 is 0 Å². The normalized spacial score (nSPS) is 12.5. The Hall–Kier alpha value is -3.26. The summed E-state index contributed by atoms with van der Waals surface area (Å²) in [5, 5.41) is 19.3. The van der Waals surface area contributed by atoms with Crippen LogP contribution in [-0.2, 0) is 6.42 Å². The molecule has 1 amide bonds. The number of benzene rings is 2. The van der Waals surface area contributed by atoms with Gasteiger partial charge in [-0.1, -0.05) is 51.1 Å². The second kappa shape index (κ2) is 10.6. The van der Waals surface area contributed by atoms with Crippen LogP contribution in [-0.4, -0.2) is 34.1 Å². The van der Waals surface area contributed by atoms with Gasteiger partial charge in [-0.25, -0.2) is 18.3 Å². The van der Waals surface area contributed by atoms with Gasteiger partial charge in [-0.15, -0.1) is 0 Å². The van der Waals surface area contributed by atoms with E-state index in [9.17, 15) is 13.6 Å². The van der Waals surface area contributed by atoms with Crippen molar-refractivity contribution in [2.75, 3.05) is 13.1 Å². The molecule has 3 N–H and O–H groups in total. The molecule has 0 radical (unpaired) electrons. The number of hydrogen-bond acceptors (Lipinski definition) is 3. The van der Waals surface area contributed by atoms with Crippen LogP contribution in [0.5, 0.6) is 0 Å². The van der Waals surface area contributed by atoms with Crippen LogP contribution >= 0.6 is 0 Å². The van der Waals surface area contributed by atoms with Crippen molar-refractivity contribution in [2.45, 2.75) is 39.7 Å². The van der Waals surface area contributed by atoms with E-state index in [0.717, 1.165) is 35.0 Å². The maximum atomic E-state index is 14.5. The van der Waals surface area contributed by atoms with Crippen molar-refractivity contribution in [3.63, 3.8) is 0 Å². The summed E-state index contributed by atoms with van der Waals surface area (Å²) in [5.41, 5.74) is 2.54. The number of carboxylic acid groups (broad SMARTS) is 1. The van der Waals surface area contributed by atoms with Gasteiger partial charge in [-0.2, -0.15) is 5.10 Å². The number of hydrogen-bond donors (Lipinski definition) is 3. The molecule has 1 atom stereocenters. The van der Waals surface area contributed by atoms with E-state index in [-0.39, 0.29) is 17.1 Å². The van der Waals surface area contributed by atoms with Gasteiger partial charge in [0.25, 0.3) is 0 Å². The largest absolute Gasteiger partial charge is 0.465 e. The molecule has 0 fully saturated rings. The predicted molar refractivity (Wildman–Crippen MR) is 124 cm³/mol. The van der Waals surface area contributed by atoms with Crippen LogP contribution in [0.15, 0.2) is 54.7 Å². The maximum Gasteiger partial charge on any atom is 0.404 e. The number of carbonyl (C=O) groups is 1. The SMILES string of the molecule is CC(C)(C)C(NCCCNC(=O)O)c1nn(-c2cc(F)ccc2F)cc1Cc1ccccc1. The number of nitrogens with one attached hydrogen (secondary N) is 2. The summed E-state index contributed by atoms with van der Waals surface area (Å²) < 4.78 is 29.8. The molecule has 176 valence electrons. The molecule has 2 aromatic carbocycles. The van der Waals surface area contributed by atoms with Gasteiger partial charge in [0.1, 0.15) is 17.3 Å². The molecular weight excluding hydrogens is 426 g/mol. The Morgan fingerprint density at radius 1 is 1.12 bits per heavy atom. The highest BCUT2D eigenvalue weighted by Crippen LogP contribution is 2.35. The Bertz CT molecular complexity index is 1080. The van der Waals surface area contributed by atoms with Crippen molar-refractivity contribution in [1.29, 1.82) is 0 Å². The maximum absolute atomic E-state index is 14.5. The third kappa shape index (κ3) is 6.61. The molecule has 0 saturated carbocycles. The fraction of sp³-hybridized carbons (Fsp3) is 0.360. The lowest BCUT2D eigenvalue weighted by molar-refractivity contribution is 0.194. The van der Waals surface area contributed by atoms with Crippen molar-refractivity contribution in [3.05, 3.63) is 83.2 Å². The molecule has 3 aromatic rings. The summed E-state index contributed by atoms with van der Waals surface area (Å²) in [4.78, 5) is 10.7. The Balaban J connectivity index is 1.97. The lowest BCUT2D eigenvalue weighted by Crippen LogP contribution is -2.35. The van der Waals surface area contributed by atoms with E-state index < -0.39 is 17.7 Å². The summed E-state index contributed by atoms with van der Waals surface area (Å²) in [6, 6.07) is 13.0. The van der Waals surface area contributed by atoms with Crippen LogP contribution in [0.1, 0.15) is 50.1 Å². The minimum absolute atomic E-state index is 0.0499. The summed E-state index contributed by atoms with van der Waals surface area (Å²) in [5.74, 6) is -1.10. The fourth-order valence-corrected chi connectivity index (χ4v) is 3.75. The quantitative estimate of drug-likeness (QED) is 0.393. The van der Waals surface area contributed by atoms with Gasteiger partial charge in [-0.3, -0.25) is 0 Å². The highest BCUT2D eigenvalue weighted by Gasteiger charge is 2.31. The van der Waals surface area contributed by atoms with Crippen molar-refractivity contribution in [3.8, 4) is 5.69 Å². The molecule has 1 aromatic heterocycles. The molecule has 0 saturated heterocycles. The van der Waals surface area contributed by atoms with Gasteiger partial charge in [0, 0.05) is 25.2 Å². The molecule has 8 heteroatoms. The molecule has 0 aliphatic heterocycles. The van der Waals surface area contributed by atoms with Crippen LogP contribution in [0, 0.1) is 17.0 Å². The monoisotopic (exact) mass is 456 g/mol. The van der Waals surface area contributed by atoms with Gasteiger partial charge in [-0.05, 0) is 41.6 Å². The van der Waals surface area contributed by atoms with E-state index in [1.54, 1.807) is 6.20 Å². The average molecular weight is 457 g/mol. The predicted octanol–water partition coefficient (Wildman–Crippen LogP) is 5.08. The molecule has 33 heavy (non-hydrogen) atoms. The third-order valence-corrected chi connectivity index (χ3v) is 5.33. The first-order chi connectivity index (χ1) is 15.6. The minimum Gasteiger partial charge on any atom is -0.465 e. The molecule has 1 unspecified atom stereocenters. The molecule has 6 nitrogen and oxygen atoms in total. The van der Waals surface area contributed by atoms with E-state index in [1.807, 2.05) is 30.3 Å². The summed E-state index contributed by atoms with van der Waals surface area (Å²) in [7, 11) is 0. The number of nitrogens with zero attached hydrogens (tertiary/aromatic N) is 2. The summed E-state index contributed by atoms with van der Waals surface area (Å²) in [6.45, 7) is 7.13. The first-order valence-electron chi connectivity index (χ1n) is 10.9. The molecule has 0 aliphatic carbocycles. The molecule has 0 spiro atoms. The van der Waals surface area contributed by atoms with Crippen molar-refractivity contribution < 1.29 is 18.7 Å². The molecule has 1 heterocycles. The zero-order valence-corrected chi connectivity index (χ0v) is 19.1. The molecule has 0 bridgehead atoms. The highest BCUT2D eigenvalue weighted by molar-refractivity contribution is 5.64. The van der Waals surface area contributed by atoms with Crippen LogP contribution in [0.25, 0.3) is 5.69 Å². The lowest BCUT2D eigenvalue weighted by atomic mass is 9.83. The van der Waals surface area contributed by atoms with Crippen LogP contribution in [0.2, 0.25) is 0 Å². The summed E-state index contributed by atoms with van der Waals surface area (Å²) >= 11 is 0. The first kappa shape index (κ1) is 24.4. The molecule has 3 rings (SSSR count). The Morgan fingerprint density at radius 2 is 1.85 bits per heavy atom. The van der Waals surface area contributed by atoms with Gasteiger partial charge >= 0.3 is 6.09 Å². The van der Waals surface area contributed by atoms with Crippen molar-refractivity contribution >= 4 is 6.09 Å². The van der Waals surface area contributed by atoms with Crippen LogP contribution in [0.4, 0.5) is 13.6 Å². The number of halogens is 2. The minimum atomic E-state index is -1.05. The van der Waals surface area contributed by atoms with E-state index in [1.165, 1.54) is 4.68 Å². The number of rotatable bonds is 9. The topological polar surface area (TPSA) is 79.2 Å². The van der Waals surface area contributed by atoms with Gasteiger partial charge in [0.15, 0.2) is 0 Å². The van der Waals surface area contributed by atoms with E-state index in [0.29, 0.717) is 25.9 Å². The van der Waals surface area contributed by atoms with E-state index in [4.69, 9.17) is 10.2 Å².